The molecule has 0 aliphatic rings. The molecule has 0 saturated carbocycles. The van der Waals surface area contributed by atoms with Crippen LogP contribution in [0, 0.1) is 6.92 Å². The number of benzene rings is 1. The van der Waals surface area contributed by atoms with Gasteiger partial charge in [0.1, 0.15) is 5.75 Å². The van der Waals surface area contributed by atoms with Gasteiger partial charge in [0.15, 0.2) is 0 Å². The summed E-state index contributed by atoms with van der Waals surface area (Å²) in [7, 11) is 0. The number of phenolic OH excluding ortho intramolecular Hbond substituents is 1. The average molecular weight is 190 g/mol. The Morgan fingerprint density at radius 2 is 2.21 bits per heavy atom. The van der Waals surface area contributed by atoms with Gasteiger partial charge in [-0.25, -0.2) is 0 Å². The van der Waals surface area contributed by atoms with Crippen LogP contribution in [0.15, 0.2) is 18.3 Å². The van der Waals surface area contributed by atoms with Crippen LogP contribution in [0.4, 0.5) is 0 Å². The summed E-state index contributed by atoms with van der Waals surface area (Å²) >= 11 is 0. The van der Waals surface area contributed by atoms with Gasteiger partial charge in [-0.1, -0.05) is 0 Å². The zero-order valence-corrected chi connectivity index (χ0v) is 8.17. The van der Waals surface area contributed by atoms with Crippen molar-refractivity contribution in [1.29, 1.82) is 0 Å². The van der Waals surface area contributed by atoms with Crippen LogP contribution in [-0.4, -0.2) is 16.6 Å². The summed E-state index contributed by atoms with van der Waals surface area (Å²) in [4.78, 5) is 3.20. The summed E-state index contributed by atoms with van der Waals surface area (Å²) < 4.78 is 0. The van der Waals surface area contributed by atoms with Crippen molar-refractivity contribution >= 4 is 10.9 Å². The number of H-pyrrole nitrogens is 1. The summed E-state index contributed by atoms with van der Waals surface area (Å²) in [6, 6.07) is 3.54. The van der Waals surface area contributed by atoms with Crippen molar-refractivity contribution in [3.05, 3.63) is 29.5 Å². The van der Waals surface area contributed by atoms with E-state index in [-0.39, 0.29) is 0 Å². The standard InChI is InChI=1S/C11H14N2O/c1-7-4-9(14)5-10-8(2-3-12)6-13-11(7)10/h4-6,13-14H,2-3,12H2,1H3. The monoisotopic (exact) mass is 190 g/mol. The van der Waals surface area contributed by atoms with Gasteiger partial charge < -0.3 is 15.8 Å². The number of aromatic amines is 1. The van der Waals surface area contributed by atoms with Gasteiger partial charge in [-0.2, -0.15) is 0 Å². The summed E-state index contributed by atoms with van der Waals surface area (Å²) in [5, 5.41) is 10.6. The fraction of sp³-hybridized carbons (Fsp3) is 0.273. The van der Waals surface area contributed by atoms with Gasteiger partial charge in [0.2, 0.25) is 0 Å². The molecule has 1 aromatic heterocycles. The van der Waals surface area contributed by atoms with Crippen LogP contribution in [0.2, 0.25) is 0 Å². The van der Waals surface area contributed by atoms with Crippen LogP contribution in [0.5, 0.6) is 5.75 Å². The average Bonchev–Trinajstić information content (AvgIpc) is 2.49. The molecule has 74 valence electrons. The Balaban J connectivity index is 2.66. The maximum Gasteiger partial charge on any atom is 0.116 e. The molecule has 0 aliphatic carbocycles. The minimum absolute atomic E-state index is 0.313. The van der Waals surface area contributed by atoms with Crippen molar-refractivity contribution in [2.45, 2.75) is 13.3 Å². The number of hydrogen-bond acceptors (Lipinski definition) is 2. The molecule has 4 N–H and O–H groups in total. The zero-order valence-electron chi connectivity index (χ0n) is 8.17. The van der Waals surface area contributed by atoms with Crippen LogP contribution < -0.4 is 5.73 Å². The largest absolute Gasteiger partial charge is 0.508 e. The highest BCUT2D eigenvalue weighted by Gasteiger charge is 2.06. The number of nitrogens with two attached hydrogens (primary N) is 1. The van der Waals surface area contributed by atoms with E-state index in [0.717, 1.165) is 22.9 Å². The smallest absolute Gasteiger partial charge is 0.116 e. The molecule has 2 rings (SSSR count). The number of hydrogen-bond donors (Lipinski definition) is 3. The number of aromatic nitrogens is 1. The van der Waals surface area contributed by atoms with Gasteiger partial charge in [-0.15, -0.1) is 0 Å². The highest BCUT2D eigenvalue weighted by molar-refractivity contribution is 5.87. The fourth-order valence-electron chi connectivity index (χ4n) is 1.81. The van der Waals surface area contributed by atoms with Crippen molar-refractivity contribution in [3.8, 4) is 5.75 Å². The normalized spacial score (nSPS) is 11.0. The molecule has 3 heteroatoms. The molecule has 1 heterocycles. The first-order valence-electron chi connectivity index (χ1n) is 4.72. The van der Waals surface area contributed by atoms with Crippen molar-refractivity contribution in [1.82, 2.24) is 4.98 Å². The lowest BCUT2D eigenvalue weighted by Gasteiger charge is -2.00. The predicted octanol–water partition coefficient (Wildman–Crippen LogP) is 1.68. The topological polar surface area (TPSA) is 62.0 Å². The first kappa shape index (κ1) is 9.09. The summed E-state index contributed by atoms with van der Waals surface area (Å²) in [5.74, 6) is 0.313. The third kappa shape index (κ3) is 1.36. The molecule has 1 aromatic carbocycles. The van der Waals surface area contributed by atoms with Crippen molar-refractivity contribution in [2.24, 2.45) is 5.73 Å². The highest BCUT2D eigenvalue weighted by Crippen LogP contribution is 2.26. The van der Waals surface area contributed by atoms with E-state index in [1.165, 1.54) is 5.56 Å². The third-order valence-electron chi connectivity index (χ3n) is 2.47. The third-order valence-corrected chi connectivity index (χ3v) is 2.47. The fourth-order valence-corrected chi connectivity index (χ4v) is 1.81. The molecule has 3 nitrogen and oxygen atoms in total. The Labute approximate surface area is 82.6 Å². The number of rotatable bonds is 2. The molecule has 0 atom stereocenters. The Morgan fingerprint density at radius 3 is 2.93 bits per heavy atom. The quantitative estimate of drug-likeness (QED) is 0.674. The lowest BCUT2D eigenvalue weighted by molar-refractivity contribution is 0.476. The predicted molar refractivity (Wildman–Crippen MR) is 57.5 cm³/mol. The minimum Gasteiger partial charge on any atom is -0.508 e. The molecule has 0 unspecified atom stereocenters. The maximum absolute atomic E-state index is 9.48. The van der Waals surface area contributed by atoms with Gasteiger partial charge in [-0.05, 0) is 43.1 Å². The number of nitrogens with one attached hydrogen (secondary N) is 1. The lowest BCUT2D eigenvalue weighted by atomic mass is 10.1. The number of aryl methyl sites for hydroxylation is 1. The molecule has 0 fully saturated rings. The molecular weight excluding hydrogens is 176 g/mol. The second kappa shape index (κ2) is 3.35. The van der Waals surface area contributed by atoms with Gasteiger partial charge >= 0.3 is 0 Å². The molecule has 0 amide bonds. The van der Waals surface area contributed by atoms with Gasteiger partial charge in [0.05, 0.1) is 0 Å². The Morgan fingerprint density at radius 1 is 1.43 bits per heavy atom. The molecule has 0 saturated heterocycles. The van der Waals surface area contributed by atoms with Crippen LogP contribution in [0.3, 0.4) is 0 Å². The first-order chi connectivity index (χ1) is 6.72. The van der Waals surface area contributed by atoms with E-state index in [0.29, 0.717) is 12.3 Å². The first-order valence-corrected chi connectivity index (χ1v) is 4.72. The van der Waals surface area contributed by atoms with E-state index < -0.39 is 0 Å². The Kier molecular flexibility index (Phi) is 2.17. The minimum atomic E-state index is 0.313. The number of phenols is 1. The Hall–Kier alpha value is -1.48. The van der Waals surface area contributed by atoms with Crippen LogP contribution in [0.25, 0.3) is 10.9 Å². The summed E-state index contributed by atoms with van der Waals surface area (Å²) in [6.07, 6.45) is 2.80. The Bertz CT molecular complexity index is 460. The number of fused-ring (bicyclic) bond motifs is 1. The SMILES string of the molecule is Cc1cc(O)cc2c(CCN)c[nH]c12. The number of aromatic hydroxyl groups is 1. The molecule has 14 heavy (non-hydrogen) atoms. The van der Waals surface area contributed by atoms with E-state index in [2.05, 4.69) is 4.98 Å². The maximum atomic E-state index is 9.48. The second-order valence-corrected chi connectivity index (χ2v) is 3.54. The van der Waals surface area contributed by atoms with Crippen molar-refractivity contribution < 1.29 is 5.11 Å². The van der Waals surface area contributed by atoms with E-state index in [9.17, 15) is 5.11 Å². The second-order valence-electron chi connectivity index (χ2n) is 3.54. The molecule has 0 aliphatic heterocycles. The van der Waals surface area contributed by atoms with E-state index in [1.54, 1.807) is 12.1 Å². The summed E-state index contributed by atoms with van der Waals surface area (Å²) in [6.45, 7) is 2.60. The van der Waals surface area contributed by atoms with Gasteiger partial charge in [0, 0.05) is 17.1 Å². The van der Waals surface area contributed by atoms with Gasteiger partial charge in [-0.3, -0.25) is 0 Å². The van der Waals surface area contributed by atoms with Crippen LogP contribution in [-0.2, 0) is 6.42 Å². The molecule has 0 spiro atoms. The molecule has 2 aromatic rings. The molecule has 0 radical (unpaired) electrons. The lowest BCUT2D eigenvalue weighted by Crippen LogP contribution is -2.01. The van der Waals surface area contributed by atoms with E-state index in [1.807, 2.05) is 13.1 Å². The summed E-state index contributed by atoms with van der Waals surface area (Å²) in [5.41, 5.74) is 8.83. The molecule has 0 bridgehead atoms. The van der Waals surface area contributed by atoms with E-state index in [4.69, 9.17) is 5.73 Å². The van der Waals surface area contributed by atoms with Gasteiger partial charge in [0.25, 0.3) is 0 Å². The van der Waals surface area contributed by atoms with Crippen molar-refractivity contribution in [2.75, 3.05) is 6.54 Å². The highest BCUT2D eigenvalue weighted by atomic mass is 16.3. The molecular formula is C11H14N2O. The van der Waals surface area contributed by atoms with Crippen LogP contribution in [0.1, 0.15) is 11.1 Å². The van der Waals surface area contributed by atoms with Crippen LogP contribution >= 0.6 is 0 Å². The van der Waals surface area contributed by atoms with Crippen molar-refractivity contribution in [3.63, 3.8) is 0 Å². The zero-order chi connectivity index (χ0) is 10.1. The van der Waals surface area contributed by atoms with E-state index >= 15 is 0 Å².